The Labute approximate surface area is 220 Å². The summed E-state index contributed by atoms with van der Waals surface area (Å²) in [7, 11) is 1.63. The molecule has 0 saturated carbocycles. The highest BCUT2D eigenvalue weighted by Gasteiger charge is 2.26. The van der Waals surface area contributed by atoms with Crippen molar-refractivity contribution in [3.05, 3.63) is 29.8 Å². The number of aliphatic hydroxyl groups is 1. The first-order chi connectivity index (χ1) is 17.6. The summed E-state index contributed by atoms with van der Waals surface area (Å²) in [4.78, 5) is 15.0. The van der Waals surface area contributed by atoms with Crippen molar-refractivity contribution in [3.63, 3.8) is 0 Å². The Kier molecular flexibility index (Phi) is 16.6. The molecule has 6 heteroatoms. The van der Waals surface area contributed by atoms with Crippen LogP contribution in [0.5, 0.6) is 5.75 Å². The van der Waals surface area contributed by atoms with Crippen LogP contribution < -0.4 is 10.1 Å². The van der Waals surface area contributed by atoms with Gasteiger partial charge in [-0.3, -0.25) is 9.69 Å². The molecule has 1 saturated heterocycles. The molecule has 0 bridgehead atoms. The Morgan fingerprint density at radius 2 is 1.44 bits per heavy atom. The summed E-state index contributed by atoms with van der Waals surface area (Å²) in [5.41, 5.74) is 0.787. The van der Waals surface area contributed by atoms with E-state index in [1.807, 2.05) is 24.3 Å². The molecule has 206 valence electrons. The second kappa shape index (κ2) is 19.5. The van der Waals surface area contributed by atoms with Gasteiger partial charge in [0.1, 0.15) is 11.9 Å². The highest BCUT2D eigenvalue weighted by Crippen LogP contribution is 2.22. The molecule has 2 rings (SSSR count). The molecule has 1 aromatic rings. The van der Waals surface area contributed by atoms with E-state index < -0.39 is 6.10 Å². The number of morpholine rings is 1. The Bertz CT molecular complexity index is 676. The number of carbonyl (C=O) groups is 1. The van der Waals surface area contributed by atoms with Gasteiger partial charge in [-0.25, -0.2) is 0 Å². The Balaban J connectivity index is 1.65. The number of carbonyl (C=O) groups excluding carboxylic acids is 1. The van der Waals surface area contributed by atoms with E-state index >= 15 is 0 Å². The van der Waals surface area contributed by atoms with Crippen molar-refractivity contribution in [1.82, 2.24) is 10.2 Å². The maximum Gasteiger partial charge on any atom is 0.220 e. The van der Waals surface area contributed by atoms with Gasteiger partial charge in [0, 0.05) is 26.1 Å². The molecule has 36 heavy (non-hydrogen) atoms. The van der Waals surface area contributed by atoms with E-state index in [4.69, 9.17) is 9.47 Å². The van der Waals surface area contributed by atoms with Gasteiger partial charge < -0.3 is 19.9 Å². The van der Waals surface area contributed by atoms with Crippen molar-refractivity contribution in [1.29, 1.82) is 0 Å². The van der Waals surface area contributed by atoms with E-state index in [-0.39, 0.29) is 11.9 Å². The quantitative estimate of drug-likeness (QED) is 0.212. The highest BCUT2D eigenvalue weighted by atomic mass is 16.5. The maximum absolute atomic E-state index is 12.7. The van der Waals surface area contributed by atoms with Gasteiger partial charge in [-0.05, 0) is 24.1 Å². The first-order valence-corrected chi connectivity index (χ1v) is 14.6. The van der Waals surface area contributed by atoms with Crippen LogP contribution in [0.25, 0.3) is 0 Å². The average molecular weight is 505 g/mol. The van der Waals surface area contributed by atoms with Crippen LogP contribution in [0.3, 0.4) is 0 Å². The zero-order valence-electron chi connectivity index (χ0n) is 23.0. The van der Waals surface area contributed by atoms with Gasteiger partial charge in [0.2, 0.25) is 5.91 Å². The number of methoxy groups -OCH3 is 1. The molecule has 2 atom stereocenters. The molecule has 0 aliphatic carbocycles. The second-order valence-corrected chi connectivity index (χ2v) is 10.3. The van der Waals surface area contributed by atoms with E-state index in [1.165, 1.54) is 70.6 Å². The lowest BCUT2D eigenvalue weighted by atomic mass is 10.0. The third-order valence-electron chi connectivity index (χ3n) is 7.25. The molecule has 6 nitrogen and oxygen atoms in total. The molecule has 1 aliphatic rings. The maximum atomic E-state index is 12.7. The number of aliphatic hydroxyl groups excluding tert-OH is 1. The minimum Gasteiger partial charge on any atom is -0.497 e. The van der Waals surface area contributed by atoms with Crippen LogP contribution in [-0.2, 0) is 9.53 Å². The van der Waals surface area contributed by atoms with Crippen LogP contribution in [0.4, 0.5) is 0 Å². The Morgan fingerprint density at radius 1 is 0.917 bits per heavy atom. The summed E-state index contributed by atoms with van der Waals surface area (Å²) in [5, 5.41) is 14.2. The number of nitrogens with one attached hydrogen (secondary N) is 1. The Hall–Kier alpha value is -1.63. The normalized spacial score (nSPS) is 16.0. The summed E-state index contributed by atoms with van der Waals surface area (Å²) in [6, 6.07) is 7.08. The molecule has 1 aromatic carbocycles. The standard InChI is InChI=1S/C30H52N2O4/c1-3-4-5-6-7-8-9-10-11-12-13-14-15-16-29(33)31-28(25-32-21-23-36-24-22-32)30(34)26-17-19-27(35-2)20-18-26/h17-20,28,30,34H,3-16,21-25H2,1-2H3,(H,31,33)/t28-,30-/m1/s1. The number of nitrogens with zero attached hydrogens (tertiary/aromatic N) is 1. The molecular weight excluding hydrogens is 452 g/mol. The molecule has 1 heterocycles. The summed E-state index contributed by atoms with van der Waals surface area (Å²) >= 11 is 0. The smallest absolute Gasteiger partial charge is 0.220 e. The molecule has 0 unspecified atom stereocenters. The number of unbranched alkanes of at least 4 members (excludes halogenated alkanes) is 12. The molecule has 2 N–H and O–H groups in total. The predicted octanol–water partition coefficient (Wildman–Crippen LogP) is 6.03. The van der Waals surface area contributed by atoms with Gasteiger partial charge in [-0.15, -0.1) is 0 Å². The minimum atomic E-state index is -0.769. The molecule has 1 aliphatic heterocycles. The Morgan fingerprint density at radius 3 is 1.97 bits per heavy atom. The third-order valence-corrected chi connectivity index (χ3v) is 7.25. The van der Waals surface area contributed by atoms with E-state index in [1.54, 1.807) is 7.11 Å². The van der Waals surface area contributed by atoms with Crippen LogP contribution in [0, 0.1) is 0 Å². The molecule has 1 fully saturated rings. The molecule has 0 radical (unpaired) electrons. The van der Waals surface area contributed by atoms with Crippen LogP contribution >= 0.6 is 0 Å². The van der Waals surface area contributed by atoms with Crippen molar-refractivity contribution in [2.45, 2.75) is 109 Å². The number of ether oxygens (including phenoxy) is 2. The third kappa shape index (κ3) is 13.1. The van der Waals surface area contributed by atoms with Crippen molar-refractivity contribution in [2.75, 3.05) is 40.0 Å². The zero-order valence-corrected chi connectivity index (χ0v) is 23.0. The van der Waals surface area contributed by atoms with Crippen molar-refractivity contribution < 1.29 is 19.4 Å². The minimum absolute atomic E-state index is 0.0314. The number of rotatable bonds is 20. The molecular formula is C30H52N2O4. The molecule has 0 aromatic heterocycles. The van der Waals surface area contributed by atoms with Gasteiger partial charge in [0.25, 0.3) is 0 Å². The fourth-order valence-electron chi connectivity index (χ4n) is 4.90. The van der Waals surface area contributed by atoms with Gasteiger partial charge in [-0.2, -0.15) is 0 Å². The zero-order chi connectivity index (χ0) is 25.8. The van der Waals surface area contributed by atoms with Gasteiger partial charge >= 0.3 is 0 Å². The summed E-state index contributed by atoms with van der Waals surface area (Å²) in [5.74, 6) is 0.783. The fourth-order valence-corrected chi connectivity index (χ4v) is 4.90. The predicted molar refractivity (Wildman–Crippen MR) is 147 cm³/mol. The summed E-state index contributed by atoms with van der Waals surface area (Å²) in [6.07, 6.45) is 16.6. The molecule has 1 amide bonds. The highest BCUT2D eigenvalue weighted by molar-refractivity contribution is 5.76. The van der Waals surface area contributed by atoms with E-state index in [0.29, 0.717) is 26.2 Å². The van der Waals surface area contributed by atoms with Crippen molar-refractivity contribution in [3.8, 4) is 5.75 Å². The first-order valence-electron chi connectivity index (χ1n) is 14.6. The lowest BCUT2D eigenvalue weighted by Gasteiger charge is -2.33. The summed E-state index contributed by atoms with van der Waals surface area (Å²) in [6.45, 7) is 5.91. The van der Waals surface area contributed by atoms with E-state index in [9.17, 15) is 9.90 Å². The number of hydrogen-bond acceptors (Lipinski definition) is 5. The van der Waals surface area contributed by atoms with Gasteiger partial charge in [0.05, 0.1) is 26.4 Å². The topological polar surface area (TPSA) is 71.0 Å². The average Bonchev–Trinajstić information content (AvgIpc) is 2.91. The SMILES string of the molecule is CCCCCCCCCCCCCCCC(=O)N[C@H](CN1CCOCC1)[C@H](O)c1ccc(OC)cc1. The van der Waals surface area contributed by atoms with Gasteiger partial charge in [0.15, 0.2) is 0 Å². The second-order valence-electron chi connectivity index (χ2n) is 10.3. The van der Waals surface area contributed by atoms with Crippen LogP contribution in [0.2, 0.25) is 0 Å². The molecule has 0 spiro atoms. The van der Waals surface area contributed by atoms with Crippen molar-refractivity contribution in [2.24, 2.45) is 0 Å². The van der Waals surface area contributed by atoms with E-state index in [0.717, 1.165) is 37.2 Å². The first kappa shape index (κ1) is 30.6. The monoisotopic (exact) mass is 504 g/mol. The van der Waals surface area contributed by atoms with Crippen LogP contribution in [0.15, 0.2) is 24.3 Å². The lowest BCUT2D eigenvalue weighted by Crippen LogP contribution is -2.49. The number of amides is 1. The van der Waals surface area contributed by atoms with Gasteiger partial charge in [-0.1, -0.05) is 96.1 Å². The largest absolute Gasteiger partial charge is 0.497 e. The number of benzene rings is 1. The fraction of sp³-hybridized carbons (Fsp3) is 0.767. The van der Waals surface area contributed by atoms with E-state index in [2.05, 4.69) is 17.1 Å². The lowest BCUT2D eigenvalue weighted by molar-refractivity contribution is -0.123. The van der Waals surface area contributed by atoms with Crippen LogP contribution in [0.1, 0.15) is 108 Å². The number of hydrogen-bond donors (Lipinski definition) is 2. The van der Waals surface area contributed by atoms with Crippen molar-refractivity contribution >= 4 is 5.91 Å². The van der Waals surface area contributed by atoms with Crippen LogP contribution in [-0.4, -0.2) is 61.9 Å². The summed E-state index contributed by atoms with van der Waals surface area (Å²) < 4.78 is 10.7.